The van der Waals surface area contributed by atoms with Crippen LogP contribution < -0.4 is 4.90 Å². The van der Waals surface area contributed by atoms with Crippen molar-refractivity contribution >= 4 is 82.7 Å². The van der Waals surface area contributed by atoms with Gasteiger partial charge < -0.3 is 18.3 Å². The van der Waals surface area contributed by atoms with E-state index in [2.05, 4.69) is 361 Å². The fourth-order valence-corrected chi connectivity index (χ4v) is 14.8. The van der Waals surface area contributed by atoms with E-state index in [-0.39, 0.29) is 0 Å². The van der Waals surface area contributed by atoms with E-state index in [9.17, 15) is 0 Å². The van der Waals surface area contributed by atoms with E-state index in [0.29, 0.717) is 0 Å². The van der Waals surface area contributed by atoms with Gasteiger partial charge in [0.05, 0.1) is 11.0 Å². The van der Waals surface area contributed by atoms with Crippen LogP contribution in [0.3, 0.4) is 0 Å². The Morgan fingerprint density at radius 3 is 0.730 bits per heavy atom. The average molecular weight is 1280 g/mol. The number of hydrogen-bond donors (Lipinski definition) is 0. The third-order valence-electron chi connectivity index (χ3n) is 20.1. The van der Waals surface area contributed by atoms with Crippen molar-refractivity contribution in [1.82, 2.24) is 4.57 Å². The summed E-state index contributed by atoms with van der Waals surface area (Å²) in [6.07, 6.45) is 0. The summed E-state index contributed by atoms with van der Waals surface area (Å²) in [6.45, 7) is 0. The van der Waals surface area contributed by atoms with Gasteiger partial charge in [0.1, 0.15) is 22.3 Å². The van der Waals surface area contributed by atoms with Crippen LogP contribution in [0.4, 0.5) is 17.1 Å². The van der Waals surface area contributed by atoms with Crippen LogP contribution in [-0.2, 0) is 0 Å². The lowest BCUT2D eigenvalue weighted by atomic mass is 9.97. The summed E-state index contributed by atoms with van der Waals surface area (Å²) >= 11 is 0. The number of fused-ring (bicyclic) bond motifs is 9. The second-order valence-corrected chi connectivity index (χ2v) is 26.0. The minimum absolute atomic E-state index is 0.900. The summed E-state index contributed by atoms with van der Waals surface area (Å²) in [7, 11) is 0. The van der Waals surface area contributed by atoms with Gasteiger partial charge in [0.15, 0.2) is 0 Å². The topological polar surface area (TPSA) is 34.5 Å². The second kappa shape index (κ2) is 24.4. The zero-order chi connectivity index (χ0) is 66.0. The standard InChI is InChI=1S/C96H62N2O2/c1-3-11-63(12-4-1)65-19-23-67(24-20-65)69-35-47-81(48-36-69)97(82-49-37-70(38-50-82)68-25-21-66(22-26-68)64-13-5-2-6-14-64)83-51-39-71(40-52-83)72-41-53-84(54-42-72)98-91-55-43-77(73-27-31-75(32-28-73)79-45-57-95-89(61-79)85-15-7-9-17-93(85)99-95)59-87(91)88-60-78(44-56-92(88)98)74-29-33-76(34-30-74)80-46-58-96-90(62-80)86-16-8-10-18-94(86)100-96/h1-62H. The van der Waals surface area contributed by atoms with Crippen LogP contribution in [0.25, 0.3) is 172 Å². The third kappa shape index (κ3) is 10.6. The second-order valence-electron chi connectivity index (χ2n) is 26.0. The largest absolute Gasteiger partial charge is 0.456 e. The number of benzene rings is 16. The Hall–Kier alpha value is -13.3. The van der Waals surface area contributed by atoms with Gasteiger partial charge >= 0.3 is 0 Å². The van der Waals surface area contributed by atoms with Crippen molar-refractivity contribution in [3.05, 3.63) is 376 Å². The molecule has 0 atom stereocenters. The van der Waals surface area contributed by atoms with E-state index in [1.807, 2.05) is 24.3 Å². The first-order chi connectivity index (χ1) is 49.5. The Bertz CT molecular complexity index is 5890. The highest BCUT2D eigenvalue weighted by molar-refractivity contribution is 6.12. The van der Waals surface area contributed by atoms with Gasteiger partial charge in [-0.2, -0.15) is 0 Å². The molecule has 19 aromatic rings. The molecule has 3 heterocycles. The number of nitrogens with zero attached hydrogens (tertiary/aromatic N) is 2. The van der Waals surface area contributed by atoms with Gasteiger partial charge in [-0.05, 0) is 209 Å². The molecule has 0 saturated heterocycles. The molecule has 0 bridgehead atoms. The van der Waals surface area contributed by atoms with Crippen molar-refractivity contribution in [1.29, 1.82) is 0 Å². The first-order valence-electron chi connectivity index (χ1n) is 34.2. The Balaban J connectivity index is 0.648. The van der Waals surface area contributed by atoms with Crippen LogP contribution >= 0.6 is 0 Å². The number of anilines is 3. The number of aromatic nitrogens is 1. The smallest absolute Gasteiger partial charge is 0.135 e. The van der Waals surface area contributed by atoms with Crippen LogP contribution in [-0.4, -0.2) is 4.57 Å². The van der Waals surface area contributed by atoms with E-state index in [0.717, 1.165) is 133 Å². The molecule has 0 radical (unpaired) electrons. The highest BCUT2D eigenvalue weighted by Crippen LogP contribution is 2.43. The number of furan rings is 2. The molecule has 100 heavy (non-hydrogen) atoms. The lowest BCUT2D eigenvalue weighted by molar-refractivity contribution is 0.668. The highest BCUT2D eigenvalue weighted by Gasteiger charge is 2.19. The lowest BCUT2D eigenvalue weighted by Crippen LogP contribution is -2.09. The highest BCUT2D eigenvalue weighted by atomic mass is 16.3. The number of hydrogen-bond acceptors (Lipinski definition) is 3. The summed E-state index contributed by atoms with van der Waals surface area (Å²) in [6, 6.07) is 136. The fraction of sp³-hybridized carbons (Fsp3) is 0. The van der Waals surface area contributed by atoms with Crippen LogP contribution in [0.15, 0.2) is 385 Å². The quantitative estimate of drug-likeness (QED) is 0.115. The molecular weight excluding hydrogens is 1210 g/mol. The summed E-state index contributed by atoms with van der Waals surface area (Å²) in [5, 5.41) is 6.90. The maximum absolute atomic E-state index is 6.18. The van der Waals surface area contributed by atoms with Crippen molar-refractivity contribution in [2.24, 2.45) is 0 Å². The Kier molecular flexibility index (Phi) is 14.2. The molecule has 0 amide bonds. The monoisotopic (exact) mass is 1270 g/mol. The van der Waals surface area contributed by atoms with Crippen molar-refractivity contribution in [2.45, 2.75) is 0 Å². The molecule has 468 valence electrons. The predicted molar refractivity (Wildman–Crippen MR) is 419 cm³/mol. The zero-order valence-electron chi connectivity index (χ0n) is 54.5. The van der Waals surface area contributed by atoms with Crippen LogP contribution in [0.2, 0.25) is 0 Å². The van der Waals surface area contributed by atoms with E-state index >= 15 is 0 Å². The molecule has 0 aliphatic heterocycles. The molecule has 3 aromatic heterocycles. The summed E-state index contributed by atoms with van der Waals surface area (Å²) in [5.74, 6) is 0. The van der Waals surface area contributed by atoms with Gasteiger partial charge in [-0.15, -0.1) is 0 Å². The Morgan fingerprint density at radius 2 is 0.400 bits per heavy atom. The van der Waals surface area contributed by atoms with Gasteiger partial charge in [0.25, 0.3) is 0 Å². The van der Waals surface area contributed by atoms with Gasteiger partial charge in [0.2, 0.25) is 0 Å². The molecule has 0 spiro atoms. The molecule has 0 aliphatic carbocycles. The minimum Gasteiger partial charge on any atom is -0.456 e. The van der Waals surface area contributed by atoms with Gasteiger partial charge in [-0.25, -0.2) is 0 Å². The van der Waals surface area contributed by atoms with Gasteiger partial charge in [-0.3, -0.25) is 0 Å². The van der Waals surface area contributed by atoms with Gasteiger partial charge in [-0.1, -0.05) is 267 Å². The maximum Gasteiger partial charge on any atom is 0.135 e. The Labute approximate surface area is 579 Å². The van der Waals surface area contributed by atoms with E-state index in [1.165, 1.54) is 55.3 Å². The van der Waals surface area contributed by atoms with Crippen molar-refractivity contribution < 1.29 is 8.83 Å². The molecule has 4 heteroatoms. The van der Waals surface area contributed by atoms with Crippen molar-refractivity contribution in [3.63, 3.8) is 0 Å². The van der Waals surface area contributed by atoms with Crippen LogP contribution in [0, 0.1) is 0 Å². The summed E-state index contributed by atoms with van der Waals surface area (Å²) < 4.78 is 14.8. The fourth-order valence-electron chi connectivity index (χ4n) is 14.8. The molecule has 0 aliphatic rings. The first kappa shape index (κ1) is 58.1. The molecule has 0 N–H and O–H groups in total. The number of para-hydroxylation sites is 2. The zero-order valence-corrected chi connectivity index (χ0v) is 54.5. The average Bonchev–Trinajstić information content (AvgIpc) is 1.58. The minimum atomic E-state index is 0.900. The molecule has 19 rings (SSSR count). The summed E-state index contributed by atoms with van der Waals surface area (Å²) in [4.78, 5) is 2.36. The molecule has 16 aromatic carbocycles. The predicted octanol–water partition coefficient (Wildman–Crippen LogP) is 27.1. The molecular formula is C96H62N2O2. The van der Waals surface area contributed by atoms with Crippen molar-refractivity contribution in [3.8, 4) is 106 Å². The normalized spacial score (nSPS) is 11.6. The first-order valence-corrected chi connectivity index (χ1v) is 34.2. The molecule has 0 unspecified atom stereocenters. The number of rotatable bonds is 13. The molecule has 0 fully saturated rings. The van der Waals surface area contributed by atoms with Crippen LogP contribution in [0.5, 0.6) is 0 Å². The third-order valence-corrected chi connectivity index (χ3v) is 20.1. The lowest BCUT2D eigenvalue weighted by Gasteiger charge is -2.26. The Morgan fingerprint density at radius 1 is 0.170 bits per heavy atom. The SMILES string of the molecule is c1ccc(-c2ccc(-c3ccc(N(c4ccc(-c5ccc(-c6ccccc6)cc5)cc4)c4ccc(-c5ccc(-n6c7ccc(-c8ccc(-c9ccc%10oc%11ccccc%11c%10c9)cc8)cc7c7cc(-c8ccc(-c9ccc%10oc%11ccccc%11c%10c9)cc8)ccc76)cc5)cc4)cc3)cc2)cc1. The van der Waals surface area contributed by atoms with E-state index in [4.69, 9.17) is 8.83 Å². The summed E-state index contributed by atoms with van der Waals surface area (Å²) in [5.41, 5.74) is 31.3. The van der Waals surface area contributed by atoms with E-state index < -0.39 is 0 Å². The van der Waals surface area contributed by atoms with Gasteiger partial charge in [0, 0.05) is 55.1 Å². The van der Waals surface area contributed by atoms with Crippen LogP contribution in [0.1, 0.15) is 0 Å². The van der Waals surface area contributed by atoms with Crippen molar-refractivity contribution in [2.75, 3.05) is 4.90 Å². The van der Waals surface area contributed by atoms with E-state index in [1.54, 1.807) is 0 Å². The molecule has 4 nitrogen and oxygen atoms in total. The maximum atomic E-state index is 6.18. The molecule has 0 saturated carbocycles.